The molecule has 0 unspecified atom stereocenters. The molecular formula is C23H44O4Si. The van der Waals surface area contributed by atoms with E-state index in [0.717, 1.165) is 0 Å². The molecule has 1 fully saturated rings. The predicted octanol–water partition coefficient (Wildman–Crippen LogP) is 6.46. The van der Waals surface area contributed by atoms with Crippen LogP contribution < -0.4 is 0 Å². The highest BCUT2D eigenvalue weighted by atomic mass is 28.4. The average molecular weight is 413 g/mol. The lowest BCUT2D eigenvalue weighted by atomic mass is 9.95. The maximum absolute atomic E-state index is 13.3. The third kappa shape index (κ3) is 5.48. The largest absolute Gasteiger partial charge is 0.459 e. The summed E-state index contributed by atoms with van der Waals surface area (Å²) in [5, 5.41) is 0. The van der Waals surface area contributed by atoms with Crippen molar-refractivity contribution in [3.8, 4) is 0 Å². The predicted molar refractivity (Wildman–Crippen MR) is 119 cm³/mol. The van der Waals surface area contributed by atoms with E-state index in [0.29, 0.717) is 22.4 Å². The molecule has 0 bridgehead atoms. The number of hydrogen-bond acceptors (Lipinski definition) is 4. The van der Waals surface area contributed by atoms with Crippen molar-refractivity contribution >= 4 is 14.1 Å². The van der Waals surface area contributed by atoms with Crippen LogP contribution in [0, 0.1) is 11.8 Å². The Balaban J connectivity index is 3.41. The molecule has 0 aliphatic carbocycles. The van der Waals surface area contributed by atoms with Gasteiger partial charge in [-0.15, -0.1) is 0 Å². The molecule has 1 heterocycles. The summed E-state index contributed by atoms with van der Waals surface area (Å²) in [5.74, 6) is -0.149. The summed E-state index contributed by atoms with van der Waals surface area (Å²) >= 11 is 0. The molecule has 0 saturated carbocycles. The van der Waals surface area contributed by atoms with Crippen LogP contribution >= 0.6 is 0 Å². The van der Waals surface area contributed by atoms with E-state index in [4.69, 9.17) is 13.9 Å². The Bertz CT molecular complexity index is 539. The van der Waals surface area contributed by atoms with Crippen LogP contribution in [0.3, 0.4) is 0 Å². The molecule has 1 rings (SSSR count). The van der Waals surface area contributed by atoms with Gasteiger partial charge in [0.25, 0.3) is 0 Å². The van der Waals surface area contributed by atoms with E-state index >= 15 is 0 Å². The lowest BCUT2D eigenvalue weighted by molar-refractivity contribution is -0.253. The Morgan fingerprint density at radius 3 is 1.75 bits per heavy atom. The van der Waals surface area contributed by atoms with Crippen molar-refractivity contribution in [2.75, 3.05) is 0 Å². The summed E-state index contributed by atoms with van der Waals surface area (Å²) in [6.45, 7) is 25.7. The zero-order chi connectivity index (χ0) is 22.0. The first-order valence-electron chi connectivity index (χ1n) is 11.0. The van der Waals surface area contributed by atoms with Gasteiger partial charge < -0.3 is 13.9 Å². The fourth-order valence-corrected chi connectivity index (χ4v) is 10.3. The molecule has 0 N–H and O–H groups in total. The SMILES string of the molecule is CC(C)/C=C1\OC(C)(C)O[C@@H]([C@@H](O[Si](C(C)C)(C(C)C)C(C)C)C(C)C)C1=O. The van der Waals surface area contributed by atoms with Crippen molar-refractivity contribution in [1.29, 1.82) is 0 Å². The summed E-state index contributed by atoms with van der Waals surface area (Å²) in [5.41, 5.74) is 1.34. The minimum absolute atomic E-state index is 0.0918. The van der Waals surface area contributed by atoms with Gasteiger partial charge >= 0.3 is 0 Å². The number of allylic oxidation sites excluding steroid dienone is 1. The van der Waals surface area contributed by atoms with Gasteiger partial charge in [-0.25, -0.2) is 0 Å². The zero-order valence-electron chi connectivity index (χ0n) is 20.3. The van der Waals surface area contributed by atoms with Crippen molar-refractivity contribution in [1.82, 2.24) is 0 Å². The summed E-state index contributed by atoms with van der Waals surface area (Å²) in [4.78, 5) is 13.3. The van der Waals surface area contributed by atoms with Crippen molar-refractivity contribution < 1.29 is 18.7 Å². The molecule has 0 amide bonds. The van der Waals surface area contributed by atoms with Gasteiger partial charge in [0.15, 0.2) is 11.9 Å². The first-order chi connectivity index (χ1) is 12.7. The Morgan fingerprint density at radius 1 is 0.929 bits per heavy atom. The Morgan fingerprint density at radius 2 is 1.39 bits per heavy atom. The molecule has 0 spiro atoms. The highest BCUT2D eigenvalue weighted by Gasteiger charge is 2.51. The fourth-order valence-electron chi connectivity index (χ4n) is 4.67. The number of Topliss-reactive ketones (excluding diaryl/α,β-unsaturated/α-hetero) is 1. The van der Waals surface area contributed by atoms with Crippen molar-refractivity contribution in [2.45, 2.75) is 118 Å². The molecule has 0 aromatic rings. The average Bonchev–Trinajstić information content (AvgIpc) is 2.49. The van der Waals surface area contributed by atoms with Crippen LogP contribution in [0.15, 0.2) is 11.8 Å². The fraction of sp³-hybridized carbons (Fsp3) is 0.870. The molecule has 28 heavy (non-hydrogen) atoms. The number of hydrogen-bond donors (Lipinski definition) is 0. The van der Waals surface area contributed by atoms with Gasteiger partial charge in [0.2, 0.25) is 19.9 Å². The number of ether oxygens (including phenoxy) is 2. The van der Waals surface area contributed by atoms with E-state index in [1.54, 1.807) is 0 Å². The maximum atomic E-state index is 13.3. The highest BCUT2D eigenvalue weighted by Crippen LogP contribution is 2.45. The van der Waals surface area contributed by atoms with Gasteiger partial charge in [-0.1, -0.05) is 69.2 Å². The summed E-state index contributed by atoms with van der Waals surface area (Å²) in [6.07, 6.45) is 0.969. The zero-order valence-corrected chi connectivity index (χ0v) is 21.3. The van der Waals surface area contributed by atoms with Crippen LogP contribution in [0.4, 0.5) is 0 Å². The molecule has 0 radical (unpaired) electrons. The van der Waals surface area contributed by atoms with E-state index in [-0.39, 0.29) is 23.7 Å². The second kappa shape index (κ2) is 9.44. The van der Waals surface area contributed by atoms with Gasteiger partial charge in [-0.2, -0.15) is 0 Å². The van der Waals surface area contributed by atoms with Crippen molar-refractivity contribution in [3.63, 3.8) is 0 Å². The molecule has 1 aliphatic rings. The van der Waals surface area contributed by atoms with E-state index in [1.807, 2.05) is 33.8 Å². The van der Waals surface area contributed by atoms with Crippen LogP contribution in [0.25, 0.3) is 0 Å². The second-order valence-electron chi connectivity index (χ2n) is 10.3. The van der Waals surface area contributed by atoms with Crippen LogP contribution in [0.1, 0.15) is 83.1 Å². The van der Waals surface area contributed by atoms with Gasteiger partial charge in [0, 0.05) is 13.8 Å². The summed E-state index contributed by atoms with van der Waals surface area (Å²) < 4.78 is 19.1. The standard InChI is InChI=1S/C23H44O4Si/c1-14(2)13-19-20(24)22(26-23(11,12)25-19)21(15(3)4)27-28(16(5)6,17(7)8)18(9)10/h13-18,21-22H,1-12H3/b19-13-/t21-,22+/m0/s1. The Kier molecular flexibility index (Phi) is 8.56. The molecule has 5 heteroatoms. The number of rotatable bonds is 8. The van der Waals surface area contributed by atoms with E-state index in [2.05, 4.69) is 55.4 Å². The van der Waals surface area contributed by atoms with E-state index < -0.39 is 20.2 Å². The molecule has 164 valence electrons. The van der Waals surface area contributed by atoms with Crippen LogP contribution in [0.2, 0.25) is 16.6 Å². The van der Waals surface area contributed by atoms with Gasteiger partial charge in [0.1, 0.15) is 0 Å². The number of carbonyl (C=O) groups is 1. The molecule has 0 aromatic carbocycles. The minimum Gasteiger partial charge on any atom is -0.459 e. The highest BCUT2D eigenvalue weighted by molar-refractivity contribution is 6.77. The van der Waals surface area contributed by atoms with Crippen LogP contribution in [-0.4, -0.2) is 32.1 Å². The van der Waals surface area contributed by atoms with Gasteiger partial charge in [-0.05, 0) is 34.5 Å². The minimum atomic E-state index is -2.16. The first kappa shape index (κ1) is 25.4. The maximum Gasteiger partial charge on any atom is 0.228 e. The quantitative estimate of drug-likeness (QED) is 0.339. The van der Waals surface area contributed by atoms with Crippen molar-refractivity contribution in [3.05, 3.63) is 11.8 Å². The normalized spacial score (nSPS) is 23.4. The Labute approximate surface area is 174 Å². The monoisotopic (exact) mass is 412 g/mol. The number of carbonyl (C=O) groups excluding carboxylic acids is 1. The molecule has 1 saturated heterocycles. The first-order valence-corrected chi connectivity index (χ1v) is 13.1. The second-order valence-corrected chi connectivity index (χ2v) is 15.7. The topological polar surface area (TPSA) is 44.8 Å². The molecular weight excluding hydrogens is 368 g/mol. The van der Waals surface area contributed by atoms with E-state index in [9.17, 15) is 4.79 Å². The lowest BCUT2D eigenvalue weighted by Gasteiger charge is -2.48. The van der Waals surface area contributed by atoms with Gasteiger partial charge in [0.05, 0.1) is 6.10 Å². The third-order valence-electron chi connectivity index (χ3n) is 5.76. The molecule has 1 aliphatic heterocycles. The van der Waals surface area contributed by atoms with Crippen LogP contribution in [-0.2, 0) is 18.7 Å². The summed E-state index contributed by atoms with van der Waals surface area (Å²) in [6, 6.07) is 0. The smallest absolute Gasteiger partial charge is 0.228 e. The third-order valence-corrected chi connectivity index (χ3v) is 11.8. The van der Waals surface area contributed by atoms with E-state index in [1.165, 1.54) is 0 Å². The van der Waals surface area contributed by atoms with Crippen LogP contribution in [0.5, 0.6) is 0 Å². The van der Waals surface area contributed by atoms with Crippen molar-refractivity contribution in [2.24, 2.45) is 11.8 Å². The van der Waals surface area contributed by atoms with Gasteiger partial charge in [-0.3, -0.25) is 4.79 Å². The number of ketones is 1. The Hall–Kier alpha value is -0.653. The molecule has 4 nitrogen and oxygen atoms in total. The molecule has 2 atom stereocenters. The molecule has 0 aromatic heterocycles. The lowest BCUT2D eigenvalue weighted by Crippen LogP contribution is -2.58. The summed E-state index contributed by atoms with van der Waals surface area (Å²) in [7, 11) is -2.16.